The van der Waals surface area contributed by atoms with Crippen molar-refractivity contribution in [2.75, 3.05) is 13.6 Å². The molecule has 112 valence electrons. The Balaban J connectivity index is 1.67. The normalized spacial score (nSPS) is 14.0. The Morgan fingerprint density at radius 2 is 2.14 bits per heavy atom. The lowest BCUT2D eigenvalue weighted by atomic mass is 9.94. The second-order valence-corrected chi connectivity index (χ2v) is 7.43. The van der Waals surface area contributed by atoms with Gasteiger partial charge in [0.1, 0.15) is 0 Å². The van der Waals surface area contributed by atoms with Crippen LogP contribution in [-0.4, -0.2) is 29.4 Å². The Bertz CT molecular complexity index is 644. The molecule has 0 aliphatic heterocycles. The maximum Gasteiger partial charge on any atom is 0.263 e. The van der Waals surface area contributed by atoms with Crippen LogP contribution >= 0.6 is 22.7 Å². The minimum atomic E-state index is 0.185. The molecule has 3 rings (SSSR count). The molecule has 0 radical (unpaired) electrons. The predicted octanol–water partition coefficient (Wildman–Crippen LogP) is 3.71. The van der Waals surface area contributed by atoms with E-state index >= 15 is 0 Å². The zero-order valence-electron chi connectivity index (χ0n) is 12.5. The molecule has 0 fully saturated rings. The van der Waals surface area contributed by atoms with Crippen molar-refractivity contribution in [2.24, 2.45) is 0 Å². The van der Waals surface area contributed by atoms with Gasteiger partial charge >= 0.3 is 0 Å². The molecule has 0 aromatic carbocycles. The van der Waals surface area contributed by atoms with E-state index in [1.807, 2.05) is 24.4 Å². The van der Waals surface area contributed by atoms with E-state index in [1.54, 1.807) is 22.7 Å². The average molecular weight is 320 g/mol. The molecule has 2 aromatic heterocycles. The molecule has 5 heteroatoms. The summed E-state index contributed by atoms with van der Waals surface area (Å²) >= 11 is 3.30. The zero-order valence-corrected chi connectivity index (χ0v) is 14.1. The summed E-state index contributed by atoms with van der Waals surface area (Å²) < 4.78 is 0. The summed E-state index contributed by atoms with van der Waals surface area (Å²) in [7, 11) is 1.91. The van der Waals surface area contributed by atoms with Crippen molar-refractivity contribution in [3.05, 3.63) is 37.5 Å². The van der Waals surface area contributed by atoms with Crippen LogP contribution in [0.1, 0.15) is 44.2 Å². The summed E-state index contributed by atoms with van der Waals surface area (Å²) in [5, 5.41) is 2.18. The number of thiophene rings is 1. The van der Waals surface area contributed by atoms with Gasteiger partial charge in [-0.05, 0) is 49.1 Å². The molecule has 1 aliphatic carbocycles. The third kappa shape index (κ3) is 3.04. The SMILES string of the molecule is Cc1ncsc1CCN(C)C(=O)c1scc2c1CCCC2. The van der Waals surface area contributed by atoms with Gasteiger partial charge in [-0.25, -0.2) is 4.98 Å². The van der Waals surface area contributed by atoms with Crippen LogP contribution < -0.4 is 0 Å². The molecule has 0 spiro atoms. The van der Waals surface area contributed by atoms with E-state index in [1.165, 1.54) is 28.8 Å². The van der Waals surface area contributed by atoms with Gasteiger partial charge in [-0.15, -0.1) is 22.7 Å². The number of amides is 1. The number of fused-ring (bicyclic) bond motifs is 1. The van der Waals surface area contributed by atoms with Crippen molar-refractivity contribution in [3.63, 3.8) is 0 Å². The Labute approximate surface area is 133 Å². The van der Waals surface area contributed by atoms with Crippen LogP contribution in [0.15, 0.2) is 10.9 Å². The van der Waals surface area contributed by atoms with E-state index in [-0.39, 0.29) is 5.91 Å². The molecule has 1 aliphatic rings. The highest BCUT2D eigenvalue weighted by atomic mass is 32.1. The maximum atomic E-state index is 12.6. The topological polar surface area (TPSA) is 33.2 Å². The van der Waals surface area contributed by atoms with Gasteiger partial charge < -0.3 is 4.90 Å². The lowest BCUT2D eigenvalue weighted by Gasteiger charge is -2.18. The van der Waals surface area contributed by atoms with Gasteiger partial charge in [-0.2, -0.15) is 0 Å². The highest BCUT2D eigenvalue weighted by Gasteiger charge is 2.22. The lowest BCUT2D eigenvalue weighted by molar-refractivity contribution is 0.0800. The molecule has 0 N–H and O–H groups in total. The molecule has 2 heterocycles. The van der Waals surface area contributed by atoms with Gasteiger partial charge in [-0.1, -0.05) is 0 Å². The molecular weight excluding hydrogens is 300 g/mol. The maximum absolute atomic E-state index is 12.6. The van der Waals surface area contributed by atoms with Crippen molar-refractivity contribution in [2.45, 2.75) is 39.0 Å². The van der Waals surface area contributed by atoms with E-state index in [4.69, 9.17) is 0 Å². The molecule has 1 amide bonds. The summed E-state index contributed by atoms with van der Waals surface area (Å²) in [6.45, 7) is 2.79. The smallest absolute Gasteiger partial charge is 0.263 e. The first-order chi connectivity index (χ1) is 10.2. The first kappa shape index (κ1) is 14.7. The third-order valence-electron chi connectivity index (χ3n) is 4.16. The monoisotopic (exact) mass is 320 g/mol. The molecule has 2 aromatic rings. The molecule has 0 atom stereocenters. The summed E-state index contributed by atoms with van der Waals surface area (Å²) in [6.07, 6.45) is 5.59. The average Bonchev–Trinajstić information content (AvgIpc) is 3.10. The van der Waals surface area contributed by atoms with Crippen molar-refractivity contribution in [1.29, 1.82) is 0 Å². The molecule has 0 saturated heterocycles. The molecule has 3 nitrogen and oxygen atoms in total. The van der Waals surface area contributed by atoms with Gasteiger partial charge in [-0.3, -0.25) is 4.79 Å². The number of aryl methyl sites for hydroxylation is 2. The van der Waals surface area contributed by atoms with Crippen LogP contribution in [0, 0.1) is 6.92 Å². The van der Waals surface area contributed by atoms with Crippen LogP contribution in [0.3, 0.4) is 0 Å². The lowest BCUT2D eigenvalue weighted by Crippen LogP contribution is -2.29. The van der Waals surface area contributed by atoms with E-state index in [2.05, 4.69) is 10.4 Å². The number of hydrogen-bond donors (Lipinski definition) is 0. The zero-order chi connectivity index (χ0) is 14.8. The Morgan fingerprint density at radius 3 is 2.90 bits per heavy atom. The van der Waals surface area contributed by atoms with Crippen LogP contribution in [0.25, 0.3) is 0 Å². The number of carbonyl (C=O) groups excluding carboxylic acids is 1. The van der Waals surface area contributed by atoms with E-state index in [0.29, 0.717) is 0 Å². The number of likely N-dealkylation sites (N-methyl/N-ethyl adjacent to an activating group) is 1. The predicted molar refractivity (Wildman–Crippen MR) is 88.5 cm³/mol. The molecular formula is C16H20N2OS2. The number of thiazole rings is 1. The Hall–Kier alpha value is -1.20. The van der Waals surface area contributed by atoms with Crippen LogP contribution in [0.2, 0.25) is 0 Å². The molecule has 0 unspecified atom stereocenters. The minimum Gasteiger partial charge on any atom is -0.341 e. The second kappa shape index (κ2) is 6.28. The van der Waals surface area contributed by atoms with Crippen molar-refractivity contribution >= 4 is 28.6 Å². The largest absolute Gasteiger partial charge is 0.341 e. The van der Waals surface area contributed by atoms with Crippen molar-refractivity contribution in [3.8, 4) is 0 Å². The van der Waals surface area contributed by atoms with E-state index in [9.17, 15) is 4.79 Å². The van der Waals surface area contributed by atoms with E-state index in [0.717, 1.165) is 36.4 Å². The standard InChI is InChI=1S/C16H20N2OS2/c1-11-14(21-10-17-11)7-8-18(2)16(19)15-13-6-4-3-5-12(13)9-20-15/h9-10H,3-8H2,1-2H3. The van der Waals surface area contributed by atoms with E-state index < -0.39 is 0 Å². The van der Waals surface area contributed by atoms with Gasteiger partial charge in [0, 0.05) is 24.9 Å². The summed E-state index contributed by atoms with van der Waals surface area (Å²) in [5.74, 6) is 0.185. The van der Waals surface area contributed by atoms with Crippen LogP contribution in [0.4, 0.5) is 0 Å². The highest BCUT2D eigenvalue weighted by molar-refractivity contribution is 7.12. The van der Waals surface area contributed by atoms with Gasteiger partial charge in [0.05, 0.1) is 16.1 Å². The van der Waals surface area contributed by atoms with Crippen LogP contribution in [0.5, 0.6) is 0 Å². The van der Waals surface area contributed by atoms with Crippen molar-refractivity contribution in [1.82, 2.24) is 9.88 Å². The number of rotatable bonds is 4. The fraction of sp³-hybridized carbons (Fsp3) is 0.500. The summed E-state index contributed by atoms with van der Waals surface area (Å²) in [6, 6.07) is 0. The molecule has 21 heavy (non-hydrogen) atoms. The highest BCUT2D eigenvalue weighted by Crippen LogP contribution is 2.30. The van der Waals surface area contributed by atoms with Crippen molar-refractivity contribution < 1.29 is 4.79 Å². The molecule has 0 saturated carbocycles. The van der Waals surface area contributed by atoms with Gasteiger partial charge in [0.2, 0.25) is 0 Å². The fourth-order valence-corrected chi connectivity index (χ4v) is 4.73. The second-order valence-electron chi connectivity index (χ2n) is 5.61. The first-order valence-corrected chi connectivity index (χ1v) is 9.16. The Morgan fingerprint density at radius 1 is 1.33 bits per heavy atom. The van der Waals surface area contributed by atoms with Gasteiger partial charge in [0.25, 0.3) is 5.91 Å². The number of hydrogen-bond acceptors (Lipinski definition) is 4. The Kier molecular flexibility index (Phi) is 4.40. The minimum absolute atomic E-state index is 0.185. The first-order valence-electron chi connectivity index (χ1n) is 7.40. The fourth-order valence-electron chi connectivity index (χ4n) is 2.81. The third-order valence-corrected chi connectivity index (χ3v) is 6.22. The molecule has 0 bridgehead atoms. The number of aromatic nitrogens is 1. The summed E-state index contributed by atoms with van der Waals surface area (Å²) in [5.41, 5.74) is 5.69. The number of nitrogens with zero attached hydrogens (tertiary/aromatic N) is 2. The van der Waals surface area contributed by atoms with Gasteiger partial charge in [0.15, 0.2) is 0 Å². The number of carbonyl (C=O) groups is 1. The quantitative estimate of drug-likeness (QED) is 0.860. The summed E-state index contributed by atoms with van der Waals surface area (Å²) in [4.78, 5) is 21.0. The van der Waals surface area contributed by atoms with Crippen LogP contribution in [-0.2, 0) is 19.3 Å².